The number of hydrogen-bond donors (Lipinski definition) is 1. The van der Waals surface area contributed by atoms with E-state index in [0.717, 1.165) is 0 Å². The predicted molar refractivity (Wildman–Crippen MR) is 56.8 cm³/mol. The van der Waals surface area contributed by atoms with Crippen molar-refractivity contribution in [3.63, 3.8) is 0 Å². The first kappa shape index (κ1) is 14.6. The molecule has 0 aliphatic rings. The first-order valence-corrected chi connectivity index (χ1v) is 5.13. The zero-order valence-electron chi connectivity index (χ0n) is 10.1. The Morgan fingerprint density at radius 2 is 1.75 bits per heavy atom. The van der Waals surface area contributed by atoms with E-state index in [-0.39, 0.29) is 6.61 Å². The molecule has 0 aromatic heterocycles. The van der Waals surface area contributed by atoms with E-state index in [0.29, 0.717) is 0 Å². The van der Waals surface area contributed by atoms with Gasteiger partial charge in [-0.3, -0.25) is 14.4 Å². The smallest absolute Gasteiger partial charge is 0.317 e. The van der Waals surface area contributed by atoms with Gasteiger partial charge in [-0.05, 0) is 6.92 Å². The standard InChI is InChI=1S/C11H18O5/c1-5-16-10(15)7(6-8(12)13)9(14)11(2,3)4/h7H,5-6H2,1-4H3,(H,12,13). The average molecular weight is 230 g/mol. The van der Waals surface area contributed by atoms with Crippen molar-refractivity contribution in [3.05, 3.63) is 0 Å². The monoisotopic (exact) mass is 230 g/mol. The van der Waals surface area contributed by atoms with E-state index in [4.69, 9.17) is 9.84 Å². The van der Waals surface area contributed by atoms with E-state index < -0.39 is 35.5 Å². The van der Waals surface area contributed by atoms with Crippen molar-refractivity contribution in [2.24, 2.45) is 11.3 Å². The van der Waals surface area contributed by atoms with Crippen molar-refractivity contribution < 1.29 is 24.2 Å². The van der Waals surface area contributed by atoms with Gasteiger partial charge in [0.05, 0.1) is 13.0 Å². The molecule has 1 N–H and O–H groups in total. The fraction of sp³-hybridized carbons (Fsp3) is 0.727. The average Bonchev–Trinajstić information content (AvgIpc) is 2.11. The second-order valence-electron chi connectivity index (χ2n) is 4.52. The number of esters is 1. The normalized spacial score (nSPS) is 13.0. The van der Waals surface area contributed by atoms with Gasteiger partial charge < -0.3 is 9.84 Å². The molecule has 0 aromatic carbocycles. The number of Topliss-reactive ketones (excluding diaryl/α,β-unsaturated/α-hetero) is 1. The number of rotatable bonds is 5. The van der Waals surface area contributed by atoms with Crippen molar-refractivity contribution in [2.45, 2.75) is 34.1 Å². The molecule has 0 bridgehead atoms. The fourth-order valence-corrected chi connectivity index (χ4v) is 1.22. The van der Waals surface area contributed by atoms with Gasteiger partial charge in [0.2, 0.25) is 0 Å². The third-order valence-electron chi connectivity index (χ3n) is 2.01. The Morgan fingerprint density at radius 1 is 1.25 bits per heavy atom. The van der Waals surface area contributed by atoms with Crippen molar-refractivity contribution >= 4 is 17.7 Å². The maximum Gasteiger partial charge on any atom is 0.317 e. The third-order valence-corrected chi connectivity index (χ3v) is 2.01. The van der Waals surface area contributed by atoms with Crippen LogP contribution in [0.4, 0.5) is 0 Å². The van der Waals surface area contributed by atoms with Gasteiger partial charge in [0.15, 0.2) is 5.78 Å². The van der Waals surface area contributed by atoms with Gasteiger partial charge >= 0.3 is 11.9 Å². The minimum Gasteiger partial charge on any atom is -0.481 e. The molecule has 0 spiro atoms. The highest BCUT2D eigenvalue weighted by Crippen LogP contribution is 2.23. The Bertz CT molecular complexity index is 287. The van der Waals surface area contributed by atoms with Gasteiger partial charge in [-0.15, -0.1) is 0 Å². The number of ketones is 1. The molecule has 0 saturated heterocycles. The molecule has 0 aliphatic carbocycles. The van der Waals surface area contributed by atoms with E-state index in [2.05, 4.69) is 0 Å². The molecule has 16 heavy (non-hydrogen) atoms. The fourth-order valence-electron chi connectivity index (χ4n) is 1.22. The van der Waals surface area contributed by atoms with Gasteiger partial charge in [-0.1, -0.05) is 20.8 Å². The summed E-state index contributed by atoms with van der Waals surface area (Å²) in [7, 11) is 0. The Labute approximate surface area is 94.8 Å². The summed E-state index contributed by atoms with van der Waals surface area (Å²) in [6.07, 6.45) is -0.519. The summed E-state index contributed by atoms with van der Waals surface area (Å²) >= 11 is 0. The van der Waals surface area contributed by atoms with Crippen LogP contribution in [0.1, 0.15) is 34.1 Å². The second kappa shape index (κ2) is 5.63. The lowest BCUT2D eigenvalue weighted by molar-refractivity contribution is -0.158. The lowest BCUT2D eigenvalue weighted by atomic mass is 9.81. The first-order chi connectivity index (χ1) is 7.20. The van der Waals surface area contributed by atoms with Crippen molar-refractivity contribution in [1.29, 1.82) is 0 Å². The largest absolute Gasteiger partial charge is 0.481 e. The van der Waals surface area contributed by atoms with Crippen molar-refractivity contribution in [3.8, 4) is 0 Å². The van der Waals surface area contributed by atoms with E-state index in [1.54, 1.807) is 27.7 Å². The van der Waals surface area contributed by atoms with E-state index in [9.17, 15) is 14.4 Å². The number of aliphatic carboxylic acids is 1. The highest BCUT2D eigenvalue weighted by molar-refractivity contribution is 6.03. The molecule has 5 heteroatoms. The van der Waals surface area contributed by atoms with Crippen LogP contribution >= 0.6 is 0 Å². The number of carbonyl (C=O) groups is 3. The lowest BCUT2D eigenvalue weighted by Gasteiger charge is -2.22. The number of hydrogen-bond acceptors (Lipinski definition) is 4. The highest BCUT2D eigenvalue weighted by atomic mass is 16.5. The summed E-state index contributed by atoms with van der Waals surface area (Å²) in [5, 5.41) is 8.66. The number of carbonyl (C=O) groups excluding carboxylic acids is 2. The number of ether oxygens (including phenoxy) is 1. The van der Waals surface area contributed by atoms with E-state index in [1.807, 2.05) is 0 Å². The highest BCUT2D eigenvalue weighted by Gasteiger charge is 2.37. The van der Waals surface area contributed by atoms with Gasteiger partial charge in [0.25, 0.3) is 0 Å². The molecule has 0 rings (SSSR count). The maximum absolute atomic E-state index is 11.9. The van der Waals surface area contributed by atoms with Gasteiger partial charge in [0.1, 0.15) is 5.92 Å². The van der Waals surface area contributed by atoms with E-state index >= 15 is 0 Å². The summed E-state index contributed by atoms with van der Waals surface area (Å²) in [5.74, 6) is -3.56. The summed E-state index contributed by atoms with van der Waals surface area (Å²) in [6, 6.07) is 0. The zero-order chi connectivity index (χ0) is 12.9. The van der Waals surface area contributed by atoms with Gasteiger partial charge in [0, 0.05) is 5.41 Å². The van der Waals surface area contributed by atoms with Crippen LogP contribution in [0.5, 0.6) is 0 Å². The molecular weight excluding hydrogens is 212 g/mol. The third kappa shape index (κ3) is 4.42. The minimum absolute atomic E-state index is 0.131. The molecule has 5 nitrogen and oxygen atoms in total. The Balaban J connectivity index is 4.87. The minimum atomic E-state index is -1.21. The maximum atomic E-state index is 11.9. The molecule has 1 unspecified atom stereocenters. The van der Waals surface area contributed by atoms with Crippen LogP contribution in [0.2, 0.25) is 0 Å². The van der Waals surface area contributed by atoms with Crippen LogP contribution in [0.25, 0.3) is 0 Å². The molecule has 0 fully saturated rings. The van der Waals surface area contributed by atoms with Crippen LogP contribution in [-0.4, -0.2) is 29.4 Å². The molecule has 92 valence electrons. The molecule has 0 aliphatic heterocycles. The Morgan fingerprint density at radius 3 is 2.06 bits per heavy atom. The Kier molecular flexibility index (Phi) is 5.14. The summed E-state index contributed by atoms with van der Waals surface area (Å²) in [6.45, 7) is 6.67. The van der Waals surface area contributed by atoms with Crippen molar-refractivity contribution in [1.82, 2.24) is 0 Å². The first-order valence-electron chi connectivity index (χ1n) is 5.13. The number of carboxylic acid groups (broad SMARTS) is 1. The topological polar surface area (TPSA) is 80.7 Å². The summed E-state index contributed by atoms with van der Waals surface area (Å²) in [4.78, 5) is 33.9. The summed E-state index contributed by atoms with van der Waals surface area (Å²) in [5.41, 5.74) is -0.757. The molecule has 1 atom stereocenters. The molecule has 0 saturated carbocycles. The van der Waals surface area contributed by atoms with Crippen LogP contribution in [0.3, 0.4) is 0 Å². The molecule has 0 aromatic rings. The number of carboxylic acids is 1. The predicted octanol–water partition coefficient (Wildman–Crippen LogP) is 1.26. The molecule has 0 heterocycles. The lowest BCUT2D eigenvalue weighted by Crippen LogP contribution is -2.36. The van der Waals surface area contributed by atoms with E-state index in [1.165, 1.54) is 0 Å². The Hall–Kier alpha value is -1.39. The second-order valence-corrected chi connectivity index (χ2v) is 4.52. The zero-order valence-corrected chi connectivity index (χ0v) is 10.1. The van der Waals surface area contributed by atoms with Crippen LogP contribution in [-0.2, 0) is 19.1 Å². The molecule has 0 amide bonds. The molecular formula is C11H18O5. The van der Waals surface area contributed by atoms with Gasteiger partial charge in [-0.25, -0.2) is 0 Å². The van der Waals surface area contributed by atoms with Gasteiger partial charge in [-0.2, -0.15) is 0 Å². The quantitative estimate of drug-likeness (QED) is 0.568. The van der Waals surface area contributed by atoms with Crippen molar-refractivity contribution in [2.75, 3.05) is 6.61 Å². The molecule has 0 radical (unpaired) electrons. The SMILES string of the molecule is CCOC(=O)C(CC(=O)O)C(=O)C(C)(C)C. The van der Waals surface area contributed by atoms with Crippen LogP contribution in [0, 0.1) is 11.3 Å². The summed E-state index contributed by atoms with van der Waals surface area (Å²) < 4.78 is 4.70. The van der Waals surface area contributed by atoms with Crippen LogP contribution in [0.15, 0.2) is 0 Å². The van der Waals surface area contributed by atoms with Crippen LogP contribution < -0.4 is 0 Å².